The van der Waals surface area contributed by atoms with Gasteiger partial charge in [-0.05, 0) is 37.3 Å². The molecule has 104 valence electrons. The Balaban J connectivity index is 1.85. The van der Waals surface area contributed by atoms with E-state index in [9.17, 15) is 4.79 Å². The highest BCUT2D eigenvalue weighted by molar-refractivity contribution is 5.82. The minimum Gasteiger partial charge on any atom is -0.352 e. The van der Waals surface area contributed by atoms with Gasteiger partial charge in [-0.25, -0.2) is 0 Å². The molecule has 4 heteroatoms. The first-order valence-corrected chi connectivity index (χ1v) is 7.00. The molecule has 1 fully saturated rings. The first-order valence-electron chi connectivity index (χ1n) is 7.00. The smallest absolute Gasteiger partial charge is 0.237 e. The Morgan fingerprint density at radius 1 is 1.32 bits per heavy atom. The van der Waals surface area contributed by atoms with E-state index >= 15 is 0 Å². The quantitative estimate of drug-likeness (QED) is 0.733. The normalized spacial score (nSPS) is 24.1. The highest BCUT2D eigenvalue weighted by atomic mass is 16.2. The summed E-state index contributed by atoms with van der Waals surface area (Å²) in [7, 11) is 0. The summed E-state index contributed by atoms with van der Waals surface area (Å²) in [6, 6.07) is 9.58. The van der Waals surface area contributed by atoms with E-state index in [1.807, 2.05) is 30.3 Å². The molecule has 0 saturated heterocycles. The lowest BCUT2D eigenvalue weighted by molar-refractivity contribution is -0.123. The molecule has 0 bridgehead atoms. The van der Waals surface area contributed by atoms with Crippen molar-refractivity contribution in [3.05, 3.63) is 35.9 Å². The van der Waals surface area contributed by atoms with E-state index in [0.717, 1.165) is 24.8 Å². The van der Waals surface area contributed by atoms with Gasteiger partial charge >= 0.3 is 0 Å². The number of hydrogen-bond acceptors (Lipinski definition) is 3. The van der Waals surface area contributed by atoms with Crippen LogP contribution in [-0.2, 0) is 11.2 Å². The molecule has 1 amide bonds. The molecule has 1 saturated carbocycles. The van der Waals surface area contributed by atoms with Crippen LogP contribution in [0.4, 0.5) is 0 Å². The van der Waals surface area contributed by atoms with Crippen LogP contribution in [0.25, 0.3) is 0 Å². The van der Waals surface area contributed by atoms with E-state index in [2.05, 4.69) is 5.32 Å². The number of benzene rings is 1. The minimum atomic E-state index is -0.485. The van der Waals surface area contributed by atoms with E-state index in [-0.39, 0.29) is 11.9 Å². The summed E-state index contributed by atoms with van der Waals surface area (Å²) in [6.45, 7) is 0.638. The van der Waals surface area contributed by atoms with Crippen LogP contribution in [0.3, 0.4) is 0 Å². The van der Waals surface area contributed by atoms with Gasteiger partial charge in [-0.3, -0.25) is 4.79 Å². The highest BCUT2D eigenvalue weighted by Gasteiger charge is 2.28. The maximum Gasteiger partial charge on any atom is 0.237 e. The lowest BCUT2D eigenvalue weighted by Crippen LogP contribution is -2.48. The van der Waals surface area contributed by atoms with Crippen LogP contribution in [0.15, 0.2) is 30.3 Å². The largest absolute Gasteiger partial charge is 0.352 e. The number of nitrogens with one attached hydrogen (secondary N) is 1. The Hall–Kier alpha value is -1.39. The molecular weight excluding hydrogens is 238 g/mol. The number of rotatable bonds is 5. The summed E-state index contributed by atoms with van der Waals surface area (Å²) in [4.78, 5) is 12.1. The van der Waals surface area contributed by atoms with Gasteiger partial charge in [-0.2, -0.15) is 0 Å². The maximum absolute atomic E-state index is 12.1. The van der Waals surface area contributed by atoms with E-state index in [0.29, 0.717) is 18.9 Å². The molecule has 4 nitrogen and oxygen atoms in total. The number of nitrogens with two attached hydrogens (primary N) is 2. The third kappa shape index (κ3) is 3.78. The lowest BCUT2D eigenvalue weighted by Gasteiger charge is -2.21. The Labute approximate surface area is 114 Å². The van der Waals surface area contributed by atoms with Gasteiger partial charge in [0.1, 0.15) is 0 Å². The molecule has 19 heavy (non-hydrogen) atoms. The summed E-state index contributed by atoms with van der Waals surface area (Å²) in [5, 5.41) is 3.06. The van der Waals surface area contributed by atoms with E-state index in [1.54, 1.807) is 0 Å². The Morgan fingerprint density at radius 3 is 2.74 bits per heavy atom. The van der Waals surface area contributed by atoms with Gasteiger partial charge in [0.25, 0.3) is 0 Å². The minimum absolute atomic E-state index is 0.0609. The van der Waals surface area contributed by atoms with Gasteiger partial charge in [0, 0.05) is 6.04 Å². The molecule has 1 aromatic rings. The number of amides is 1. The molecule has 3 atom stereocenters. The highest BCUT2D eigenvalue weighted by Crippen LogP contribution is 2.24. The molecule has 0 radical (unpaired) electrons. The third-order valence-electron chi connectivity index (χ3n) is 3.92. The molecule has 2 rings (SSSR count). The summed E-state index contributed by atoms with van der Waals surface area (Å²) < 4.78 is 0. The van der Waals surface area contributed by atoms with E-state index in [4.69, 9.17) is 11.5 Å². The fourth-order valence-corrected chi connectivity index (χ4v) is 2.76. The molecule has 0 aromatic heterocycles. The zero-order valence-corrected chi connectivity index (χ0v) is 11.2. The SMILES string of the molecule is NCC1CCCC1NC(=O)[C@@H](N)Cc1ccccc1. The molecule has 0 spiro atoms. The van der Waals surface area contributed by atoms with Crippen LogP contribution < -0.4 is 16.8 Å². The van der Waals surface area contributed by atoms with Crippen LogP contribution in [0, 0.1) is 5.92 Å². The summed E-state index contributed by atoms with van der Waals surface area (Å²) in [5.74, 6) is 0.349. The standard InChI is InChI=1S/C15H23N3O/c16-10-12-7-4-8-14(12)18-15(19)13(17)9-11-5-2-1-3-6-11/h1-3,5-6,12-14H,4,7-10,16-17H2,(H,18,19)/t12?,13-,14?/m0/s1. The Bertz CT molecular complexity index is 407. The molecule has 1 aromatic carbocycles. The van der Waals surface area contributed by atoms with Gasteiger partial charge in [-0.15, -0.1) is 0 Å². The monoisotopic (exact) mass is 261 g/mol. The molecule has 0 aliphatic heterocycles. The average Bonchev–Trinajstić information content (AvgIpc) is 2.87. The van der Waals surface area contributed by atoms with Gasteiger partial charge in [-0.1, -0.05) is 36.8 Å². The average molecular weight is 261 g/mol. The van der Waals surface area contributed by atoms with Crippen LogP contribution in [0.2, 0.25) is 0 Å². The number of hydrogen-bond donors (Lipinski definition) is 3. The van der Waals surface area contributed by atoms with Gasteiger partial charge in [0.2, 0.25) is 5.91 Å². The van der Waals surface area contributed by atoms with Gasteiger partial charge in [0.05, 0.1) is 6.04 Å². The molecule has 1 aliphatic carbocycles. The first-order chi connectivity index (χ1) is 9.20. The van der Waals surface area contributed by atoms with Crippen molar-refractivity contribution in [1.82, 2.24) is 5.32 Å². The molecule has 0 heterocycles. The number of carbonyl (C=O) groups excluding carboxylic acids is 1. The van der Waals surface area contributed by atoms with E-state index < -0.39 is 6.04 Å². The van der Waals surface area contributed by atoms with Crippen LogP contribution in [-0.4, -0.2) is 24.5 Å². The lowest BCUT2D eigenvalue weighted by atomic mass is 10.0. The van der Waals surface area contributed by atoms with Crippen molar-refractivity contribution < 1.29 is 4.79 Å². The summed E-state index contributed by atoms with van der Waals surface area (Å²) in [6.07, 6.45) is 3.84. The first kappa shape index (κ1) is 14.0. The van der Waals surface area contributed by atoms with Gasteiger partial charge < -0.3 is 16.8 Å². The van der Waals surface area contributed by atoms with Crippen molar-refractivity contribution >= 4 is 5.91 Å². The molecular formula is C15H23N3O. The predicted octanol–water partition coefficient (Wildman–Crippen LogP) is 0.800. The fraction of sp³-hybridized carbons (Fsp3) is 0.533. The van der Waals surface area contributed by atoms with Crippen molar-refractivity contribution in [2.75, 3.05) is 6.54 Å². The van der Waals surface area contributed by atoms with Crippen molar-refractivity contribution in [2.24, 2.45) is 17.4 Å². The summed E-state index contributed by atoms with van der Waals surface area (Å²) in [5.41, 5.74) is 12.8. The van der Waals surface area contributed by atoms with Crippen LogP contribution in [0.1, 0.15) is 24.8 Å². The number of carbonyl (C=O) groups is 1. The zero-order valence-electron chi connectivity index (χ0n) is 11.2. The zero-order chi connectivity index (χ0) is 13.7. The summed E-state index contributed by atoms with van der Waals surface area (Å²) >= 11 is 0. The third-order valence-corrected chi connectivity index (χ3v) is 3.92. The molecule has 1 aliphatic rings. The molecule has 5 N–H and O–H groups in total. The van der Waals surface area contributed by atoms with Crippen molar-refractivity contribution in [2.45, 2.75) is 37.8 Å². The topological polar surface area (TPSA) is 81.1 Å². The second-order valence-corrected chi connectivity index (χ2v) is 5.34. The fourth-order valence-electron chi connectivity index (χ4n) is 2.76. The van der Waals surface area contributed by atoms with Crippen molar-refractivity contribution in [3.63, 3.8) is 0 Å². The van der Waals surface area contributed by atoms with E-state index in [1.165, 1.54) is 0 Å². The van der Waals surface area contributed by atoms with Crippen molar-refractivity contribution in [3.8, 4) is 0 Å². The second kappa shape index (κ2) is 6.68. The predicted molar refractivity (Wildman–Crippen MR) is 76.4 cm³/mol. The molecule has 2 unspecified atom stereocenters. The Morgan fingerprint density at radius 2 is 2.05 bits per heavy atom. The van der Waals surface area contributed by atoms with Crippen LogP contribution >= 0.6 is 0 Å². The Kier molecular flexibility index (Phi) is 4.93. The van der Waals surface area contributed by atoms with Crippen LogP contribution in [0.5, 0.6) is 0 Å². The maximum atomic E-state index is 12.1. The van der Waals surface area contributed by atoms with Crippen molar-refractivity contribution in [1.29, 1.82) is 0 Å². The van der Waals surface area contributed by atoms with Gasteiger partial charge in [0.15, 0.2) is 0 Å². The second-order valence-electron chi connectivity index (χ2n) is 5.34.